The fourth-order valence-corrected chi connectivity index (χ4v) is 6.23. The van der Waals surface area contributed by atoms with E-state index >= 15 is 0 Å². The summed E-state index contributed by atoms with van der Waals surface area (Å²) in [5, 5.41) is 20.4. The van der Waals surface area contributed by atoms with Crippen molar-refractivity contribution in [3.8, 4) is 17.5 Å². The zero-order valence-corrected chi connectivity index (χ0v) is 19.3. The van der Waals surface area contributed by atoms with Crippen molar-refractivity contribution in [2.24, 2.45) is 0 Å². The summed E-state index contributed by atoms with van der Waals surface area (Å²) in [7, 11) is -3.57. The molecule has 0 radical (unpaired) electrons. The van der Waals surface area contributed by atoms with Gasteiger partial charge in [0.15, 0.2) is 0 Å². The molecule has 11 heteroatoms. The van der Waals surface area contributed by atoms with E-state index in [-0.39, 0.29) is 27.7 Å². The number of carbonyl (C=O) groups is 1. The molecular formula is C21H25N5O4S2. The molecule has 1 saturated carbocycles. The van der Waals surface area contributed by atoms with Crippen molar-refractivity contribution in [1.82, 2.24) is 19.8 Å². The van der Waals surface area contributed by atoms with Gasteiger partial charge < -0.3 is 9.73 Å². The smallest absolute Gasteiger partial charge is 0.277 e. The number of hydrogen-bond donors (Lipinski definition) is 1. The van der Waals surface area contributed by atoms with Crippen LogP contribution in [0.15, 0.2) is 38.8 Å². The van der Waals surface area contributed by atoms with Gasteiger partial charge in [0.1, 0.15) is 5.54 Å². The Morgan fingerprint density at radius 1 is 1.19 bits per heavy atom. The first kappa shape index (κ1) is 22.8. The van der Waals surface area contributed by atoms with Gasteiger partial charge in [-0.25, -0.2) is 8.42 Å². The molecule has 1 aromatic carbocycles. The highest BCUT2D eigenvalue weighted by atomic mass is 32.2. The first-order valence-electron chi connectivity index (χ1n) is 10.7. The van der Waals surface area contributed by atoms with Crippen molar-refractivity contribution in [3.63, 3.8) is 0 Å². The zero-order valence-electron chi connectivity index (χ0n) is 17.6. The average molecular weight is 476 g/mol. The third kappa shape index (κ3) is 4.98. The highest BCUT2D eigenvalue weighted by molar-refractivity contribution is 7.99. The SMILES string of the molecule is N#CC1(NC(=O)CSc2nnc(-c3cccc(S(=O)(=O)N4CCCCC4)c3)o2)CCCC1. The van der Waals surface area contributed by atoms with E-state index in [9.17, 15) is 18.5 Å². The van der Waals surface area contributed by atoms with E-state index < -0.39 is 15.6 Å². The number of nitriles is 1. The summed E-state index contributed by atoms with van der Waals surface area (Å²) in [4.78, 5) is 12.5. The summed E-state index contributed by atoms with van der Waals surface area (Å²) in [6.45, 7) is 1.06. The summed E-state index contributed by atoms with van der Waals surface area (Å²) in [5.41, 5.74) is -0.265. The van der Waals surface area contributed by atoms with Crippen molar-refractivity contribution in [2.45, 2.75) is 60.6 Å². The lowest BCUT2D eigenvalue weighted by atomic mass is 10.0. The van der Waals surface area contributed by atoms with Gasteiger partial charge in [-0.1, -0.05) is 24.2 Å². The largest absolute Gasteiger partial charge is 0.411 e. The third-order valence-electron chi connectivity index (χ3n) is 5.82. The predicted octanol–water partition coefficient (Wildman–Crippen LogP) is 2.96. The molecule has 0 spiro atoms. The van der Waals surface area contributed by atoms with E-state index in [0.717, 1.165) is 43.9 Å². The zero-order chi connectivity index (χ0) is 22.6. The minimum atomic E-state index is -3.57. The molecule has 1 aromatic heterocycles. The van der Waals surface area contributed by atoms with Crippen molar-refractivity contribution in [3.05, 3.63) is 24.3 Å². The van der Waals surface area contributed by atoms with Crippen LogP contribution in [0.3, 0.4) is 0 Å². The Hall–Kier alpha value is -2.42. The summed E-state index contributed by atoms with van der Waals surface area (Å²) in [6.07, 6.45) is 5.98. The van der Waals surface area contributed by atoms with Crippen LogP contribution in [0.1, 0.15) is 44.9 Å². The number of aromatic nitrogens is 2. The number of hydrogen-bond acceptors (Lipinski definition) is 8. The second-order valence-electron chi connectivity index (χ2n) is 8.10. The lowest BCUT2D eigenvalue weighted by Gasteiger charge is -2.25. The van der Waals surface area contributed by atoms with Crippen molar-refractivity contribution in [1.29, 1.82) is 5.26 Å². The van der Waals surface area contributed by atoms with Crippen molar-refractivity contribution >= 4 is 27.7 Å². The molecule has 1 aliphatic heterocycles. The number of amides is 1. The summed E-state index contributed by atoms with van der Waals surface area (Å²) < 4.78 is 33.0. The van der Waals surface area contributed by atoms with Crippen LogP contribution >= 0.6 is 11.8 Å². The number of piperidine rings is 1. The molecule has 9 nitrogen and oxygen atoms in total. The Balaban J connectivity index is 1.41. The topological polar surface area (TPSA) is 129 Å². The van der Waals surface area contributed by atoms with E-state index in [0.29, 0.717) is 31.5 Å². The van der Waals surface area contributed by atoms with Gasteiger partial charge in [0, 0.05) is 18.7 Å². The first-order chi connectivity index (χ1) is 15.4. The van der Waals surface area contributed by atoms with Gasteiger partial charge in [-0.2, -0.15) is 9.57 Å². The highest BCUT2D eigenvalue weighted by Gasteiger charge is 2.35. The molecule has 1 amide bonds. The van der Waals surface area contributed by atoms with Crippen molar-refractivity contribution in [2.75, 3.05) is 18.8 Å². The molecule has 2 aliphatic rings. The second kappa shape index (κ2) is 9.60. The minimum absolute atomic E-state index is 0.0500. The lowest BCUT2D eigenvalue weighted by molar-refractivity contribution is -0.119. The number of sulfonamides is 1. The maximum atomic E-state index is 12.9. The minimum Gasteiger partial charge on any atom is -0.411 e. The predicted molar refractivity (Wildman–Crippen MR) is 118 cm³/mol. The molecule has 1 N–H and O–H groups in total. The molecule has 170 valence electrons. The molecular weight excluding hydrogens is 450 g/mol. The molecule has 4 rings (SSSR count). The van der Waals surface area contributed by atoms with E-state index in [1.807, 2.05) is 0 Å². The van der Waals surface area contributed by atoms with Crippen LogP contribution in [-0.2, 0) is 14.8 Å². The van der Waals surface area contributed by atoms with Gasteiger partial charge in [0.2, 0.25) is 21.8 Å². The van der Waals surface area contributed by atoms with Crippen LogP contribution < -0.4 is 5.32 Å². The average Bonchev–Trinajstić information content (AvgIpc) is 3.49. The molecule has 0 bridgehead atoms. The number of nitrogens with one attached hydrogen (secondary N) is 1. The number of rotatable bonds is 7. The van der Waals surface area contributed by atoms with Crippen molar-refractivity contribution < 1.29 is 17.6 Å². The number of benzene rings is 1. The van der Waals surface area contributed by atoms with Crippen LogP contribution in [-0.4, -0.2) is 53.2 Å². The quantitative estimate of drug-likeness (QED) is 0.605. The summed E-state index contributed by atoms with van der Waals surface area (Å²) in [6, 6.07) is 8.69. The Labute approximate surface area is 191 Å². The van der Waals surface area contributed by atoms with Gasteiger partial charge in [-0.3, -0.25) is 4.79 Å². The molecule has 0 atom stereocenters. The lowest BCUT2D eigenvalue weighted by Crippen LogP contribution is -2.45. The Bertz CT molecular complexity index is 1110. The maximum Gasteiger partial charge on any atom is 0.277 e. The van der Waals surface area contributed by atoms with E-state index in [4.69, 9.17) is 4.42 Å². The summed E-state index contributed by atoms with van der Waals surface area (Å²) >= 11 is 1.08. The molecule has 1 aliphatic carbocycles. The van der Waals surface area contributed by atoms with Crippen LogP contribution in [0, 0.1) is 11.3 Å². The number of thioether (sulfide) groups is 1. The maximum absolute atomic E-state index is 12.9. The molecule has 2 fully saturated rings. The Kier molecular flexibility index (Phi) is 6.83. The Morgan fingerprint density at radius 2 is 1.94 bits per heavy atom. The van der Waals surface area contributed by atoms with Gasteiger partial charge >= 0.3 is 0 Å². The molecule has 32 heavy (non-hydrogen) atoms. The standard InChI is InChI=1S/C21H25N5O4S2/c22-15-21(9-2-3-10-21)23-18(27)14-31-20-25-24-19(30-20)16-7-6-8-17(13-16)32(28,29)26-11-4-1-5-12-26/h6-8,13H,1-5,9-12,14H2,(H,23,27). The van der Waals surface area contributed by atoms with Crippen LogP contribution in [0.4, 0.5) is 0 Å². The first-order valence-corrected chi connectivity index (χ1v) is 13.1. The molecule has 0 unspecified atom stereocenters. The van der Waals surface area contributed by atoms with Gasteiger partial charge in [0.05, 0.1) is 16.7 Å². The van der Waals surface area contributed by atoms with Gasteiger partial charge in [-0.15, -0.1) is 10.2 Å². The van der Waals surface area contributed by atoms with Gasteiger partial charge in [-0.05, 0) is 56.7 Å². The van der Waals surface area contributed by atoms with E-state index in [1.165, 1.54) is 10.4 Å². The van der Waals surface area contributed by atoms with E-state index in [2.05, 4.69) is 21.6 Å². The van der Waals surface area contributed by atoms with Crippen LogP contribution in [0.2, 0.25) is 0 Å². The molecule has 1 saturated heterocycles. The second-order valence-corrected chi connectivity index (χ2v) is 11.0. The number of carbonyl (C=O) groups excluding carboxylic acids is 1. The fraction of sp³-hybridized carbons (Fsp3) is 0.524. The number of nitrogens with zero attached hydrogens (tertiary/aromatic N) is 4. The van der Waals surface area contributed by atoms with Gasteiger partial charge in [0.25, 0.3) is 5.22 Å². The monoisotopic (exact) mass is 475 g/mol. The summed E-state index contributed by atoms with van der Waals surface area (Å²) in [5.74, 6) is -0.0187. The third-order valence-corrected chi connectivity index (χ3v) is 8.53. The van der Waals surface area contributed by atoms with Crippen LogP contribution in [0.25, 0.3) is 11.5 Å². The normalized spacial score (nSPS) is 18.8. The Morgan fingerprint density at radius 3 is 2.66 bits per heavy atom. The fourth-order valence-electron chi connectivity index (χ4n) is 4.10. The molecule has 2 heterocycles. The van der Waals surface area contributed by atoms with Crippen LogP contribution in [0.5, 0.6) is 0 Å². The molecule has 2 aromatic rings. The van der Waals surface area contributed by atoms with E-state index in [1.54, 1.807) is 18.2 Å². The highest BCUT2D eigenvalue weighted by Crippen LogP contribution is 2.30.